The van der Waals surface area contributed by atoms with E-state index in [1.165, 1.54) is 48.5 Å². The van der Waals surface area contributed by atoms with Gasteiger partial charge in [-0.05, 0) is 133 Å². The summed E-state index contributed by atoms with van der Waals surface area (Å²) in [6, 6.07) is 16.3. The number of methoxy groups -OCH3 is 2. The molecule has 4 atom stereocenters. The lowest BCUT2D eigenvalue weighted by molar-refractivity contribution is -0.136. The zero-order valence-corrected chi connectivity index (χ0v) is 36.2. The number of carbonyl (C=O) groups is 4. The van der Waals surface area contributed by atoms with E-state index in [-0.39, 0.29) is 35.7 Å². The number of benzene rings is 2. The molecular formula is C49H61N5O7. The molecule has 2 N–H and O–H groups in total. The van der Waals surface area contributed by atoms with Crippen LogP contribution >= 0.6 is 0 Å². The number of rotatable bonds is 11. The molecule has 2 aliphatic carbocycles. The van der Waals surface area contributed by atoms with Crippen LogP contribution in [0.2, 0.25) is 0 Å². The number of likely N-dealkylation sites (tertiary alicyclic amines) is 2. The maximum absolute atomic E-state index is 14.4. The standard InChI is InChI=1S/C49H61N5O7/c1-30(2)44(51-48(57)59-3)46(55)54-24-8-12-43(54)41-27-36(29-50-41)33-15-13-31(14-16-33)32-17-19-34(20-18-32)39-28-40(38-10-6-5-9-37(38)39)42-11-7-23-53(42)47(56)45(52-49(58)60-4)35-21-25-61-26-22-35/h13-20,29-30,35,42-45H,5-12,21-28H2,1-4H3,(H,51,57)(H,52,58)/t42?,43-,44-,45?/m0/s1. The number of amides is 4. The van der Waals surface area contributed by atoms with E-state index in [1.54, 1.807) is 0 Å². The molecule has 4 heterocycles. The van der Waals surface area contributed by atoms with E-state index in [0.29, 0.717) is 32.7 Å². The fraction of sp³-hybridized carbons (Fsp3) is 0.531. The predicted octanol–water partition coefficient (Wildman–Crippen LogP) is 8.08. The molecule has 6 aliphatic rings. The lowest BCUT2D eigenvalue weighted by atomic mass is 9.86. The molecule has 0 bridgehead atoms. The average molecular weight is 832 g/mol. The van der Waals surface area contributed by atoms with Crippen LogP contribution in [0.3, 0.4) is 0 Å². The Morgan fingerprint density at radius 2 is 1.25 bits per heavy atom. The third-order valence-electron chi connectivity index (χ3n) is 13.9. The van der Waals surface area contributed by atoms with Gasteiger partial charge in [-0.25, -0.2) is 9.59 Å². The van der Waals surface area contributed by atoms with Crippen LogP contribution in [0.4, 0.5) is 9.59 Å². The number of nitrogens with one attached hydrogen (secondary N) is 2. The minimum absolute atomic E-state index is 0.00449. The van der Waals surface area contributed by atoms with Crippen LogP contribution in [-0.2, 0) is 23.8 Å². The number of nitrogens with zero attached hydrogens (tertiary/aromatic N) is 3. The molecule has 3 saturated heterocycles. The lowest BCUT2D eigenvalue weighted by Gasteiger charge is -2.35. The number of hydrogen-bond acceptors (Lipinski definition) is 8. The molecule has 2 unspecified atom stereocenters. The summed E-state index contributed by atoms with van der Waals surface area (Å²) in [5.41, 5.74) is 12.5. The number of allylic oxidation sites excluding steroid dienone is 4. The van der Waals surface area contributed by atoms with E-state index in [2.05, 4.69) is 64.1 Å². The summed E-state index contributed by atoms with van der Waals surface area (Å²) in [6.07, 6.45) is 11.9. The Bertz CT molecular complexity index is 2110. The highest BCUT2D eigenvalue weighted by Crippen LogP contribution is 2.49. The van der Waals surface area contributed by atoms with E-state index in [9.17, 15) is 19.2 Å². The fourth-order valence-corrected chi connectivity index (χ4v) is 10.6. The van der Waals surface area contributed by atoms with Crippen LogP contribution < -0.4 is 10.6 Å². The minimum Gasteiger partial charge on any atom is -0.453 e. The zero-order chi connectivity index (χ0) is 42.6. The summed E-state index contributed by atoms with van der Waals surface area (Å²) < 4.78 is 15.3. The molecule has 4 amide bonds. The highest BCUT2D eigenvalue weighted by molar-refractivity contribution is 6.04. The molecule has 0 radical (unpaired) electrons. The van der Waals surface area contributed by atoms with Gasteiger partial charge in [-0.1, -0.05) is 62.4 Å². The van der Waals surface area contributed by atoms with Gasteiger partial charge in [0.05, 0.1) is 26.3 Å². The summed E-state index contributed by atoms with van der Waals surface area (Å²) in [5, 5.41) is 5.65. The molecule has 0 spiro atoms. The number of carbonyl (C=O) groups excluding carboxylic acids is 4. The monoisotopic (exact) mass is 831 g/mol. The van der Waals surface area contributed by atoms with Gasteiger partial charge < -0.3 is 34.6 Å². The lowest BCUT2D eigenvalue weighted by Crippen LogP contribution is -2.54. The molecule has 12 heteroatoms. The molecule has 2 aromatic carbocycles. The zero-order valence-electron chi connectivity index (χ0n) is 36.2. The highest BCUT2D eigenvalue weighted by atomic mass is 16.5. The Morgan fingerprint density at radius 3 is 1.89 bits per heavy atom. The van der Waals surface area contributed by atoms with Crippen molar-refractivity contribution in [3.8, 4) is 11.1 Å². The summed E-state index contributed by atoms with van der Waals surface area (Å²) in [4.78, 5) is 61.2. The van der Waals surface area contributed by atoms with Crippen molar-refractivity contribution in [3.05, 3.63) is 82.6 Å². The maximum Gasteiger partial charge on any atom is 0.407 e. The summed E-state index contributed by atoms with van der Waals surface area (Å²) >= 11 is 0. The quantitative estimate of drug-likeness (QED) is 0.234. The largest absolute Gasteiger partial charge is 0.453 e. The second-order valence-electron chi connectivity index (χ2n) is 17.8. The molecule has 324 valence electrons. The van der Waals surface area contributed by atoms with Crippen molar-refractivity contribution in [2.75, 3.05) is 40.5 Å². The Balaban J connectivity index is 0.923. The average Bonchev–Trinajstić information content (AvgIpc) is 4.14. The van der Waals surface area contributed by atoms with Crippen molar-refractivity contribution in [2.24, 2.45) is 16.8 Å². The van der Waals surface area contributed by atoms with Gasteiger partial charge in [0.15, 0.2) is 0 Å². The van der Waals surface area contributed by atoms with Crippen molar-refractivity contribution < 1.29 is 33.4 Å². The Kier molecular flexibility index (Phi) is 13.1. The molecular weight excluding hydrogens is 771 g/mol. The third-order valence-corrected chi connectivity index (χ3v) is 13.9. The van der Waals surface area contributed by atoms with Crippen LogP contribution in [0.1, 0.15) is 102 Å². The first-order valence-corrected chi connectivity index (χ1v) is 22.4. The SMILES string of the molecule is COC(=O)NC(C(=O)N1CCCC1C1=C2CCCCC2=C(c2ccc(-c3ccc(C4=CN=C([C@@H]5CCCN5C(=O)[C@@H](NC(=O)OC)C(C)C)C4)cc3)cc2)C1)C1CCOCC1. The number of alkyl carbamates (subject to hydrolysis) is 2. The van der Waals surface area contributed by atoms with Gasteiger partial charge in [0.1, 0.15) is 12.1 Å². The normalized spacial score (nSPS) is 22.8. The fourth-order valence-electron chi connectivity index (χ4n) is 10.6. The second kappa shape index (κ2) is 18.8. The van der Waals surface area contributed by atoms with Gasteiger partial charge in [-0.3, -0.25) is 14.6 Å². The topological polar surface area (TPSA) is 139 Å². The van der Waals surface area contributed by atoms with Crippen molar-refractivity contribution >= 4 is 40.9 Å². The van der Waals surface area contributed by atoms with Crippen LogP contribution in [0.25, 0.3) is 22.3 Å². The van der Waals surface area contributed by atoms with Gasteiger partial charge in [-0.2, -0.15) is 0 Å². The van der Waals surface area contributed by atoms with Crippen LogP contribution in [-0.4, -0.2) is 104 Å². The van der Waals surface area contributed by atoms with Crippen molar-refractivity contribution in [2.45, 2.75) is 115 Å². The number of fused-ring (bicyclic) bond motifs is 1. The Morgan fingerprint density at radius 1 is 0.672 bits per heavy atom. The first kappa shape index (κ1) is 42.5. The summed E-state index contributed by atoms with van der Waals surface area (Å²) in [7, 11) is 2.66. The first-order valence-electron chi connectivity index (χ1n) is 22.4. The second-order valence-corrected chi connectivity index (χ2v) is 17.8. The number of ether oxygens (including phenoxy) is 3. The first-order chi connectivity index (χ1) is 29.6. The van der Waals surface area contributed by atoms with Crippen molar-refractivity contribution in [1.29, 1.82) is 0 Å². The third kappa shape index (κ3) is 8.92. The Hall–Kier alpha value is -5.23. The van der Waals surface area contributed by atoms with Crippen molar-refractivity contribution in [1.82, 2.24) is 20.4 Å². The van der Waals surface area contributed by atoms with Gasteiger partial charge >= 0.3 is 12.2 Å². The van der Waals surface area contributed by atoms with Crippen LogP contribution in [0.15, 0.2) is 76.4 Å². The van der Waals surface area contributed by atoms with E-state index in [1.807, 2.05) is 24.9 Å². The van der Waals surface area contributed by atoms with E-state index >= 15 is 0 Å². The smallest absolute Gasteiger partial charge is 0.407 e. The Labute approximate surface area is 359 Å². The minimum atomic E-state index is -0.654. The van der Waals surface area contributed by atoms with Gasteiger partial charge in [0.25, 0.3) is 0 Å². The molecule has 4 aliphatic heterocycles. The number of hydrogen-bond donors (Lipinski definition) is 2. The van der Waals surface area contributed by atoms with Crippen molar-refractivity contribution in [3.63, 3.8) is 0 Å². The molecule has 1 saturated carbocycles. The highest BCUT2D eigenvalue weighted by Gasteiger charge is 2.43. The number of aliphatic imine (C=N–C) groups is 1. The maximum atomic E-state index is 14.4. The van der Waals surface area contributed by atoms with Gasteiger partial charge in [0, 0.05) is 44.6 Å². The molecule has 12 nitrogen and oxygen atoms in total. The van der Waals surface area contributed by atoms with Crippen LogP contribution in [0, 0.1) is 11.8 Å². The predicted molar refractivity (Wildman–Crippen MR) is 235 cm³/mol. The summed E-state index contributed by atoms with van der Waals surface area (Å²) in [6.45, 7) is 6.38. The summed E-state index contributed by atoms with van der Waals surface area (Å²) in [5.74, 6) is -0.144. The van der Waals surface area contributed by atoms with Gasteiger partial charge in [-0.15, -0.1) is 0 Å². The van der Waals surface area contributed by atoms with E-state index in [4.69, 9.17) is 19.2 Å². The van der Waals surface area contributed by atoms with Crippen LogP contribution in [0.5, 0.6) is 0 Å². The molecule has 8 rings (SSSR count). The molecule has 0 aromatic heterocycles. The molecule has 61 heavy (non-hydrogen) atoms. The molecule has 2 aromatic rings. The van der Waals surface area contributed by atoms with Gasteiger partial charge in [0.2, 0.25) is 11.8 Å². The van der Waals surface area contributed by atoms with E-state index < -0.39 is 24.3 Å². The van der Waals surface area contributed by atoms with E-state index in [0.717, 1.165) is 92.2 Å². The molecule has 4 fully saturated rings.